The van der Waals surface area contributed by atoms with Gasteiger partial charge in [-0.2, -0.15) is 11.8 Å². The van der Waals surface area contributed by atoms with E-state index in [-0.39, 0.29) is 6.04 Å². The molecule has 0 saturated carbocycles. The summed E-state index contributed by atoms with van der Waals surface area (Å²) in [5.74, 6) is 3.35. The van der Waals surface area contributed by atoms with E-state index < -0.39 is 0 Å². The predicted molar refractivity (Wildman–Crippen MR) is 69.2 cm³/mol. The van der Waals surface area contributed by atoms with Crippen LogP contribution in [0, 0.1) is 6.92 Å². The Morgan fingerprint density at radius 2 is 2.29 bits per heavy atom. The molecule has 1 aromatic heterocycles. The monoisotopic (exact) mass is 254 g/mol. The van der Waals surface area contributed by atoms with E-state index in [2.05, 4.69) is 6.26 Å². The third kappa shape index (κ3) is 2.98. The minimum absolute atomic E-state index is 0.00514. The van der Waals surface area contributed by atoms with Gasteiger partial charge in [-0.15, -0.1) is 5.06 Å². The summed E-state index contributed by atoms with van der Waals surface area (Å²) in [5.41, 5.74) is 5.71. The second-order valence-electron chi connectivity index (χ2n) is 4.04. The summed E-state index contributed by atoms with van der Waals surface area (Å²) in [4.78, 5) is 5.49. The second kappa shape index (κ2) is 5.51. The van der Waals surface area contributed by atoms with Crippen molar-refractivity contribution in [2.45, 2.75) is 19.4 Å². The molecule has 4 nitrogen and oxygen atoms in total. The van der Waals surface area contributed by atoms with Crippen molar-refractivity contribution in [3.63, 3.8) is 0 Å². The minimum Gasteiger partial charge on any atom is -0.464 e. The van der Waals surface area contributed by atoms with Gasteiger partial charge in [0.25, 0.3) is 0 Å². The molecule has 1 aliphatic rings. The molecular weight excluding hydrogens is 236 g/mol. The van der Waals surface area contributed by atoms with E-state index in [0.29, 0.717) is 5.88 Å². The molecule has 2 rings (SSSR count). The Morgan fingerprint density at radius 1 is 1.47 bits per heavy atom. The van der Waals surface area contributed by atoms with Crippen molar-refractivity contribution in [2.24, 2.45) is 5.73 Å². The number of hydrogen-bond acceptors (Lipinski definition) is 5. The first-order valence-electron chi connectivity index (χ1n) is 5.68. The summed E-state index contributed by atoms with van der Waals surface area (Å²) >= 11 is 1.83. The van der Waals surface area contributed by atoms with Gasteiger partial charge in [-0.25, -0.2) is 0 Å². The van der Waals surface area contributed by atoms with Crippen LogP contribution in [0.1, 0.15) is 24.0 Å². The molecular formula is C12H18N2O2S. The zero-order valence-electron chi connectivity index (χ0n) is 10.2. The van der Waals surface area contributed by atoms with Crippen LogP contribution < -0.4 is 5.73 Å². The molecule has 0 amide bonds. The van der Waals surface area contributed by atoms with Crippen molar-refractivity contribution >= 4 is 11.8 Å². The zero-order chi connectivity index (χ0) is 12.3. The Bertz CT molecular complexity index is 403. The van der Waals surface area contributed by atoms with Crippen LogP contribution >= 0.6 is 11.8 Å². The quantitative estimate of drug-likeness (QED) is 0.818. The molecule has 5 heteroatoms. The first-order valence-corrected chi connectivity index (χ1v) is 7.07. The Labute approximate surface area is 106 Å². The fraction of sp³-hybridized carbons (Fsp3) is 0.500. The maximum absolute atomic E-state index is 5.71. The fourth-order valence-electron chi connectivity index (χ4n) is 1.85. The van der Waals surface area contributed by atoms with E-state index in [1.54, 1.807) is 0 Å². The number of hydroxylamine groups is 2. The lowest BCUT2D eigenvalue weighted by molar-refractivity contribution is -0.122. The lowest BCUT2D eigenvalue weighted by Crippen LogP contribution is -2.25. The molecule has 0 fully saturated rings. The van der Waals surface area contributed by atoms with Crippen LogP contribution in [0.5, 0.6) is 0 Å². The molecule has 0 aromatic carbocycles. The lowest BCUT2D eigenvalue weighted by Gasteiger charge is -2.20. The van der Waals surface area contributed by atoms with Crippen LogP contribution in [0.4, 0.5) is 0 Å². The first-order chi connectivity index (χ1) is 8.20. The summed E-state index contributed by atoms with van der Waals surface area (Å²) in [6.45, 7) is 2.78. The van der Waals surface area contributed by atoms with Gasteiger partial charge in [0.05, 0.1) is 0 Å². The largest absolute Gasteiger partial charge is 0.464 e. The summed E-state index contributed by atoms with van der Waals surface area (Å²) in [6.07, 6.45) is 5.06. The number of nitrogens with zero attached hydrogens (tertiary/aromatic N) is 1. The molecule has 94 valence electrons. The van der Waals surface area contributed by atoms with Crippen molar-refractivity contribution in [1.29, 1.82) is 0 Å². The SMILES string of the molecule is CSCCCN1OC(N)=CC1c1ccc(C)o1. The van der Waals surface area contributed by atoms with E-state index in [0.717, 1.165) is 30.2 Å². The van der Waals surface area contributed by atoms with Gasteiger partial charge in [0.2, 0.25) is 5.88 Å². The fourth-order valence-corrected chi connectivity index (χ4v) is 2.26. The van der Waals surface area contributed by atoms with E-state index in [4.69, 9.17) is 15.0 Å². The zero-order valence-corrected chi connectivity index (χ0v) is 11.0. The minimum atomic E-state index is 0.00514. The number of aryl methyl sites for hydroxylation is 1. The molecule has 2 N–H and O–H groups in total. The number of hydrogen-bond donors (Lipinski definition) is 1. The first kappa shape index (κ1) is 12.4. The molecule has 0 bridgehead atoms. The topological polar surface area (TPSA) is 51.6 Å². The Hall–Kier alpha value is -1.07. The summed E-state index contributed by atoms with van der Waals surface area (Å²) < 4.78 is 5.63. The van der Waals surface area contributed by atoms with Crippen LogP contribution in [0.15, 0.2) is 28.5 Å². The van der Waals surface area contributed by atoms with Gasteiger partial charge in [-0.1, -0.05) is 0 Å². The van der Waals surface area contributed by atoms with Gasteiger partial charge in [0.1, 0.15) is 17.6 Å². The molecule has 17 heavy (non-hydrogen) atoms. The molecule has 1 aliphatic heterocycles. The van der Waals surface area contributed by atoms with Crippen LogP contribution in [-0.4, -0.2) is 23.6 Å². The highest BCUT2D eigenvalue weighted by Gasteiger charge is 2.29. The van der Waals surface area contributed by atoms with E-state index >= 15 is 0 Å². The van der Waals surface area contributed by atoms with Crippen molar-refractivity contribution < 1.29 is 9.25 Å². The van der Waals surface area contributed by atoms with Crippen LogP contribution in [-0.2, 0) is 4.84 Å². The molecule has 1 aromatic rings. The Kier molecular flexibility index (Phi) is 4.02. The molecule has 2 heterocycles. The highest BCUT2D eigenvalue weighted by Crippen LogP contribution is 2.30. The Balaban J connectivity index is 2.02. The van der Waals surface area contributed by atoms with Gasteiger partial charge in [-0.3, -0.25) is 0 Å². The predicted octanol–water partition coefficient (Wildman–Crippen LogP) is 2.43. The van der Waals surface area contributed by atoms with E-state index in [1.165, 1.54) is 0 Å². The van der Waals surface area contributed by atoms with Crippen molar-refractivity contribution in [2.75, 3.05) is 18.6 Å². The molecule has 1 unspecified atom stereocenters. The van der Waals surface area contributed by atoms with E-state index in [1.807, 2.05) is 42.0 Å². The summed E-state index contributed by atoms with van der Waals surface area (Å²) in [5, 5.41) is 1.88. The molecule has 0 radical (unpaired) electrons. The van der Waals surface area contributed by atoms with Gasteiger partial charge < -0.3 is 15.0 Å². The maximum Gasteiger partial charge on any atom is 0.207 e. The van der Waals surface area contributed by atoms with E-state index in [9.17, 15) is 0 Å². The number of nitrogens with two attached hydrogens (primary N) is 1. The normalized spacial score (nSPS) is 20.4. The molecule has 0 saturated heterocycles. The lowest BCUT2D eigenvalue weighted by atomic mass is 10.2. The third-order valence-corrected chi connectivity index (χ3v) is 3.33. The van der Waals surface area contributed by atoms with Crippen molar-refractivity contribution in [3.05, 3.63) is 35.6 Å². The Morgan fingerprint density at radius 3 is 2.94 bits per heavy atom. The van der Waals surface area contributed by atoms with Crippen molar-refractivity contribution in [1.82, 2.24) is 5.06 Å². The number of thioether (sulfide) groups is 1. The average Bonchev–Trinajstić information content (AvgIpc) is 2.85. The molecule has 0 spiro atoms. The van der Waals surface area contributed by atoms with Gasteiger partial charge in [-0.05, 0) is 37.5 Å². The summed E-state index contributed by atoms with van der Waals surface area (Å²) in [7, 11) is 0. The standard InChI is InChI=1S/C12H18N2O2S/c1-9-4-5-11(15-9)10-8-12(13)16-14(10)6-3-7-17-2/h4-5,8,10H,3,6-7,13H2,1-2H3. The average molecular weight is 254 g/mol. The van der Waals surface area contributed by atoms with Gasteiger partial charge in [0.15, 0.2) is 0 Å². The number of rotatable bonds is 5. The van der Waals surface area contributed by atoms with Gasteiger partial charge in [0, 0.05) is 12.6 Å². The van der Waals surface area contributed by atoms with Crippen molar-refractivity contribution in [3.8, 4) is 0 Å². The third-order valence-electron chi connectivity index (χ3n) is 2.63. The summed E-state index contributed by atoms with van der Waals surface area (Å²) in [6, 6.07) is 3.93. The van der Waals surface area contributed by atoms with Gasteiger partial charge >= 0.3 is 0 Å². The maximum atomic E-state index is 5.71. The second-order valence-corrected chi connectivity index (χ2v) is 5.03. The van der Waals surface area contributed by atoms with Crippen LogP contribution in [0.25, 0.3) is 0 Å². The number of furan rings is 1. The highest BCUT2D eigenvalue weighted by molar-refractivity contribution is 7.98. The molecule has 1 atom stereocenters. The van der Waals surface area contributed by atoms with Crippen LogP contribution in [0.3, 0.4) is 0 Å². The smallest absolute Gasteiger partial charge is 0.207 e. The molecule has 0 aliphatic carbocycles. The highest BCUT2D eigenvalue weighted by atomic mass is 32.2. The van der Waals surface area contributed by atoms with Crippen LogP contribution in [0.2, 0.25) is 0 Å².